The number of carbonyl (C=O) groups excluding carboxylic acids is 2. The maximum atomic E-state index is 12.8. The number of imide groups is 1. The number of carboxylic acid groups (broad SMARTS) is 1. The largest absolute Gasteiger partial charge is 0.478 e. The van der Waals surface area contributed by atoms with Crippen molar-refractivity contribution in [2.45, 2.75) is 12.5 Å². The third kappa shape index (κ3) is 3.55. The zero-order valence-electron chi connectivity index (χ0n) is 13.8. The lowest BCUT2D eigenvalue weighted by Gasteiger charge is -2.36. The van der Waals surface area contributed by atoms with Crippen LogP contribution in [0.15, 0.2) is 24.3 Å². The maximum Gasteiger partial charge on any atom is 0.335 e. The van der Waals surface area contributed by atoms with Crippen LogP contribution in [0.3, 0.4) is 0 Å². The van der Waals surface area contributed by atoms with E-state index in [-0.39, 0.29) is 30.4 Å². The molecule has 2 aliphatic heterocycles. The molecule has 1 unspecified atom stereocenters. The van der Waals surface area contributed by atoms with E-state index in [9.17, 15) is 14.4 Å². The number of aliphatic hydroxyl groups is 1. The summed E-state index contributed by atoms with van der Waals surface area (Å²) in [5, 5.41) is 18.1. The Bertz CT molecular complexity index is 685. The van der Waals surface area contributed by atoms with Crippen molar-refractivity contribution in [3.8, 4) is 0 Å². The van der Waals surface area contributed by atoms with E-state index < -0.39 is 12.0 Å². The number of nitrogens with zero attached hydrogens (tertiary/aromatic N) is 3. The molecule has 134 valence electrons. The Morgan fingerprint density at radius 3 is 2.52 bits per heavy atom. The summed E-state index contributed by atoms with van der Waals surface area (Å²) in [6, 6.07) is 5.37. The fraction of sp³-hybridized carbons (Fsp3) is 0.471. The van der Waals surface area contributed by atoms with E-state index >= 15 is 0 Å². The molecule has 3 rings (SSSR count). The minimum Gasteiger partial charge on any atom is -0.478 e. The molecule has 8 nitrogen and oxygen atoms in total. The van der Waals surface area contributed by atoms with Gasteiger partial charge in [0.25, 0.3) is 5.91 Å². The fourth-order valence-electron chi connectivity index (χ4n) is 3.39. The van der Waals surface area contributed by atoms with Crippen LogP contribution in [0.2, 0.25) is 0 Å². The molecule has 0 spiro atoms. The summed E-state index contributed by atoms with van der Waals surface area (Å²) in [6.07, 6.45) is 0.107. The summed E-state index contributed by atoms with van der Waals surface area (Å²) < 4.78 is 0. The van der Waals surface area contributed by atoms with Crippen molar-refractivity contribution >= 4 is 23.5 Å². The molecule has 2 fully saturated rings. The van der Waals surface area contributed by atoms with Gasteiger partial charge >= 0.3 is 5.97 Å². The molecule has 0 bridgehead atoms. The summed E-state index contributed by atoms with van der Waals surface area (Å²) in [5.74, 6) is -1.71. The Morgan fingerprint density at radius 1 is 1.16 bits per heavy atom. The van der Waals surface area contributed by atoms with Gasteiger partial charge in [0.1, 0.15) is 0 Å². The maximum absolute atomic E-state index is 12.8. The number of carbonyl (C=O) groups is 3. The second kappa shape index (κ2) is 7.30. The molecule has 8 heteroatoms. The lowest BCUT2D eigenvalue weighted by Crippen LogP contribution is -2.53. The summed E-state index contributed by atoms with van der Waals surface area (Å²) >= 11 is 0. The molecule has 2 heterocycles. The minimum absolute atomic E-state index is 0.0409. The Kier molecular flexibility index (Phi) is 5.12. The predicted molar refractivity (Wildman–Crippen MR) is 89.4 cm³/mol. The third-order valence-electron chi connectivity index (χ3n) is 4.74. The molecular weight excluding hydrogens is 326 g/mol. The SMILES string of the molecule is O=C(O)c1cccc(N2C(=O)CC(N3CCN(CCO)CC3)C2=O)c1. The fourth-order valence-corrected chi connectivity index (χ4v) is 3.39. The smallest absolute Gasteiger partial charge is 0.335 e. The summed E-state index contributed by atoms with van der Waals surface area (Å²) in [4.78, 5) is 41.5. The molecule has 2 amide bonds. The van der Waals surface area contributed by atoms with Gasteiger partial charge in [0, 0.05) is 32.7 Å². The molecule has 0 saturated carbocycles. The van der Waals surface area contributed by atoms with E-state index in [0.29, 0.717) is 25.3 Å². The Labute approximate surface area is 145 Å². The third-order valence-corrected chi connectivity index (χ3v) is 4.74. The van der Waals surface area contributed by atoms with Crippen LogP contribution in [0.4, 0.5) is 5.69 Å². The molecule has 0 aromatic heterocycles. The van der Waals surface area contributed by atoms with E-state index in [4.69, 9.17) is 10.2 Å². The number of benzene rings is 1. The summed E-state index contributed by atoms with van der Waals surface area (Å²) in [7, 11) is 0. The highest BCUT2D eigenvalue weighted by Crippen LogP contribution is 2.27. The van der Waals surface area contributed by atoms with Crippen molar-refractivity contribution in [2.24, 2.45) is 0 Å². The van der Waals surface area contributed by atoms with Crippen molar-refractivity contribution in [3.63, 3.8) is 0 Å². The van der Waals surface area contributed by atoms with Crippen molar-refractivity contribution in [2.75, 3.05) is 44.2 Å². The monoisotopic (exact) mass is 347 g/mol. The first kappa shape index (κ1) is 17.5. The van der Waals surface area contributed by atoms with Crippen LogP contribution in [0.1, 0.15) is 16.8 Å². The van der Waals surface area contributed by atoms with Crippen LogP contribution < -0.4 is 4.90 Å². The highest BCUT2D eigenvalue weighted by atomic mass is 16.4. The quantitative estimate of drug-likeness (QED) is 0.701. The molecule has 2 N–H and O–H groups in total. The number of β-amino-alcohol motifs (C(OH)–C–C–N with tert-alkyl or cyclic N) is 1. The molecule has 1 atom stereocenters. The molecule has 1 aromatic rings. The predicted octanol–water partition coefficient (Wildman–Crippen LogP) is -0.373. The van der Waals surface area contributed by atoms with Crippen LogP contribution in [0.5, 0.6) is 0 Å². The van der Waals surface area contributed by atoms with Crippen LogP contribution in [0.25, 0.3) is 0 Å². The van der Waals surface area contributed by atoms with Gasteiger partial charge in [-0.2, -0.15) is 0 Å². The van der Waals surface area contributed by atoms with Gasteiger partial charge in [0.15, 0.2) is 0 Å². The van der Waals surface area contributed by atoms with E-state index in [1.54, 1.807) is 6.07 Å². The van der Waals surface area contributed by atoms with Crippen molar-refractivity contribution < 1.29 is 24.6 Å². The van der Waals surface area contributed by atoms with Crippen LogP contribution in [-0.4, -0.2) is 83.2 Å². The number of hydrogen-bond acceptors (Lipinski definition) is 6. The number of piperazine rings is 1. The number of hydrogen-bond donors (Lipinski definition) is 2. The summed E-state index contributed by atoms with van der Waals surface area (Å²) in [6.45, 7) is 3.52. The highest BCUT2D eigenvalue weighted by Gasteiger charge is 2.43. The first-order valence-electron chi connectivity index (χ1n) is 8.28. The van der Waals surface area contributed by atoms with E-state index in [0.717, 1.165) is 18.0 Å². The van der Waals surface area contributed by atoms with Gasteiger partial charge in [-0.05, 0) is 18.2 Å². The number of amides is 2. The molecule has 2 aliphatic rings. The standard InChI is InChI=1S/C17H21N3O5/c21-9-8-18-4-6-19(7-5-18)14-11-15(22)20(16(14)23)13-3-1-2-12(10-13)17(24)25/h1-3,10,14,21H,4-9,11H2,(H,24,25). The van der Waals surface area contributed by atoms with E-state index in [1.807, 2.05) is 4.90 Å². The van der Waals surface area contributed by atoms with Crippen molar-refractivity contribution in [3.05, 3.63) is 29.8 Å². The Hall–Kier alpha value is -2.29. The van der Waals surface area contributed by atoms with Gasteiger partial charge in [-0.15, -0.1) is 0 Å². The number of rotatable bonds is 5. The first-order valence-corrected chi connectivity index (χ1v) is 8.28. The zero-order chi connectivity index (χ0) is 18.0. The molecule has 25 heavy (non-hydrogen) atoms. The molecule has 1 aromatic carbocycles. The number of anilines is 1. The number of aromatic carboxylic acids is 1. The summed E-state index contributed by atoms with van der Waals surface area (Å²) in [5.41, 5.74) is 0.343. The number of aliphatic hydroxyl groups excluding tert-OH is 1. The van der Waals surface area contributed by atoms with Gasteiger partial charge in [0.2, 0.25) is 5.91 Å². The molecular formula is C17H21N3O5. The lowest BCUT2D eigenvalue weighted by molar-refractivity contribution is -0.123. The van der Waals surface area contributed by atoms with Crippen LogP contribution >= 0.6 is 0 Å². The second-order valence-corrected chi connectivity index (χ2v) is 6.24. The molecule has 0 radical (unpaired) electrons. The number of carboxylic acids is 1. The van der Waals surface area contributed by atoms with Crippen molar-refractivity contribution in [1.82, 2.24) is 9.80 Å². The van der Waals surface area contributed by atoms with Gasteiger partial charge < -0.3 is 10.2 Å². The average molecular weight is 347 g/mol. The van der Waals surface area contributed by atoms with Gasteiger partial charge in [-0.1, -0.05) is 6.07 Å². The van der Waals surface area contributed by atoms with Crippen molar-refractivity contribution in [1.29, 1.82) is 0 Å². The zero-order valence-corrected chi connectivity index (χ0v) is 13.8. The minimum atomic E-state index is -1.10. The highest BCUT2D eigenvalue weighted by molar-refractivity contribution is 6.22. The van der Waals surface area contributed by atoms with E-state index in [1.165, 1.54) is 18.2 Å². The van der Waals surface area contributed by atoms with Gasteiger partial charge in [-0.25, -0.2) is 9.69 Å². The lowest BCUT2D eigenvalue weighted by atomic mass is 10.1. The Morgan fingerprint density at radius 2 is 1.88 bits per heavy atom. The topological polar surface area (TPSA) is 101 Å². The normalized spacial score (nSPS) is 22.6. The van der Waals surface area contributed by atoms with Gasteiger partial charge in [-0.3, -0.25) is 19.4 Å². The molecule has 0 aliphatic carbocycles. The first-order chi connectivity index (χ1) is 12.0. The van der Waals surface area contributed by atoms with E-state index in [2.05, 4.69) is 4.90 Å². The Balaban J connectivity index is 1.73. The second-order valence-electron chi connectivity index (χ2n) is 6.24. The van der Waals surface area contributed by atoms with Crippen LogP contribution in [0, 0.1) is 0 Å². The van der Waals surface area contributed by atoms with Crippen LogP contribution in [-0.2, 0) is 9.59 Å². The van der Waals surface area contributed by atoms with Gasteiger partial charge in [0.05, 0.1) is 30.3 Å². The average Bonchev–Trinajstić information content (AvgIpc) is 2.90. The molecule has 2 saturated heterocycles.